The van der Waals surface area contributed by atoms with Crippen molar-refractivity contribution in [1.29, 1.82) is 0 Å². The maximum atomic E-state index is 9.78. The molecule has 3 heteroatoms. The number of likely N-dealkylation sites (tertiary alicyclic amines) is 1. The van der Waals surface area contributed by atoms with Crippen molar-refractivity contribution in [3.63, 3.8) is 0 Å². The van der Waals surface area contributed by atoms with Crippen LogP contribution in [0, 0.1) is 5.92 Å². The van der Waals surface area contributed by atoms with Crippen LogP contribution < -0.4 is 4.74 Å². The van der Waals surface area contributed by atoms with Gasteiger partial charge in [-0.15, -0.1) is 0 Å². The van der Waals surface area contributed by atoms with Gasteiger partial charge in [-0.2, -0.15) is 0 Å². The minimum Gasteiger partial charge on any atom is -0.496 e. The number of hydrogen-bond donors (Lipinski definition) is 1. The zero-order valence-corrected chi connectivity index (χ0v) is 13.0. The number of rotatable bonds is 5. The predicted octanol–water partition coefficient (Wildman–Crippen LogP) is 2.90. The Bertz CT molecular complexity index is 599. The number of aliphatic hydroxyl groups excluding tert-OH is 1. The fraction of sp³-hybridized carbons (Fsp3) is 0.368. The monoisotopic (exact) mass is 297 g/mol. The molecule has 0 spiro atoms. The first-order valence-corrected chi connectivity index (χ1v) is 7.82. The molecule has 0 saturated carbocycles. The number of para-hydroxylation sites is 1. The number of benzene rings is 2. The highest BCUT2D eigenvalue weighted by molar-refractivity contribution is 5.37. The molecule has 3 nitrogen and oxygen atoms in total. The highest BCUT2D eigenvalue weighted by atomic mass is 16.5. The molecule has 1 heterocycles. The van der Waals surface area contributed by atoms with Crippen LogP contribution in [-0.4, -0.2) is 36.8 Å². The third-order valence-corrected chi connectivity index (χ3v) is 4.54. The van der Waals surface area contributed by atoms with Gasteiger partial charge >= 0.3 is 0 Å². The Morgan fingerprint density at radius 2 is 1.77 bits per heavy atom. The number of nitrogens with zero attached hydrogens (tertiary/aromatic N) is 1. The van der Waals surface area contributed by atoms with Crippen LogP contribution in [0.25, 0.3) is 0 Å². The van der Waals surface area contributed by atoms with Gasteiger partial charge in [-0.3, -0.25) is 4.90 Å². The van der Waals surface area contributed by atoms with Crippen molar-refractivity contribution in [3.8, 4) is 5.75 Å². The first kappa shape index (κ1) is 15.1. The zero-order chi connectivity index (χ0) is 15.4. The molecule has 3 rings (SSSR count). The lowest BCUT2D eigenvalue weighted by atomic mass is 9.89. The van der Waals surface area contributed by atoms with Gasteiger partial charge in [-0.1, -0.05) is 48.5 Å². The van der Waals surface area contributed by atoms with Gasteiger partial charge in [-0.05, 0) is 17.2 Å². The van der Waals surface area contributed by atoms with Crippen molar-refractivity contribution >= 4 is 0 Å². The number of methoxy groups -OCH3 is 1. The van der Waals surface area contributed by atoms with E-state index in [2.05, 4.69) is 35.2 Å². The summed E-state index contributed by atoms with van der Waals surface area (Å²) in [5.74, 6) is 1.51. The Morgan fingerprint density at radius 1 is 1.05 bits per heavy atom. The fourth-order valence-corrected chi connectivity index (χ4v) is 3.44. The Balaban J connectivity index is 1.77. The number of aliphatic hydroxyl groups is 1. The molecule has 2 atom stereocenters. The van der Waals surface area contributed by atoms with Crippen LogP contribution >= 0.6 is 0 Å². The molecule has 2 aromatic carbocycles. The minimum atomic E-state index is 0.216. The summed E-state index contributed by atoms with van der Waals surface area (Å²) in [7, 11) is 1.71. The predicted molar refractivity (Wildman–Crippen MR) is 88.0 cm³/mol. The Morgan fingerprint density at radius 3 is 2.50 bits per heavy atom. The summed E-state index contributed by atoms with van der Waals surface area (Å²) in [6.45, 7) is 3.03. The lowest BCUT2D eigenvalue weighted by Crippen LogP contribution is -2.20. The van der Waals surface area contributed by atoms with Crippen LogP contribution in [0.4, 0.5) is 0 Å². The zero-order valence-electron chi connectivity index (χ0n) is 13.0. The van der Waals surface area contributed by atoms with Crippen LogP contribution in [0.2, 0.25) is 0 Å². The molecule has 2 aromatic rings. The number of hydrogen-bond acceptors (Lipinski definition) is 3. The van der Waals surface area contributed by atoms with Gasteiger partial charge in [-0.25, -0.2) is 0 Å². The largest absolute Gasteiger partial charge is 0.496 e. The molecule has 1 saturated heterocycles. The van der Waals surface area contributed by atoms with E-state index in [1.165, 1.54) is 11.1 Å². The Kier molecular flexibility index (Phi) is 4.76. The summed E-state index contributed by atoms with van der Waals surface area (Å²) in [4.78, 5) is 2.42. The molecule has 0 amide bonds. The van der Waals surface area contributed by atoms with Crippen LogP contribution in [0.3, 0.4) is 0 Å². The standard InChI is InChI=1S/C19H23NO2/c1-22-19-10-6-5-9-17(19)18-13-20(12-16(18)14-21)11-15-7-3-2-4-8-15/h2-10,16,18,21H,11-14H2,1H3/t16-,18+/m1/s1. The van der Waals surface area contributed by atoms with E-state index in [4.69, 9.17) is 4.74 Å². The van der Waals surface area contributed by atoms with E-state index >= 15 is 0 Å². The third-order valence-electron chi connectivity index (χ3n) is 4.54. The van der Waals surface area contributed by atoms with E-state index < -0.39 is 0 Å². The molecule has 0 aromatic heterocycles. The van der Waals surface area contributed by atoms with Crippen molar-refractivity contribution in [1.82, 2.24) is 4.90 Å². The molecule has 0 aliphatic carbocycles. The average molecular weight is 297 g/mol. The van der Waals surface area contributed by atoms with Crippen molar-refractivity contribution in [2.45, 2.75) is 12.5 Å². The molecular weight excluding hydrogens is 274 g/mol. The highest BCUT2D eigenvalue weighted by Crippen LogP contribution is 2.37. The maximum absolute atomic E-state index is 9.78. The quantitative estimate of drug-likeness (QED) is 0.921. The molecule has 1 N–H and O–H groups in total. The van der Waals surface area contributed by atoms with Gasteiger partial charge in [0.2, 0.25) is 0 Å². The molecule has 1 aliphatic rings. The lowest BCUT2D eigenvalue weighted by molar-refractivity contribution is 0.213. The van der Waals surface area contributed by atoms with E-state index in [0.29, 0.717) is 5.92 Å². The lowest BCUT2D eigenvalue weighted by Gasteiger charge is -2.19. The molecule has 116 valence electrons. The van der Waals surface area contributed by atoms with Gasteiger partial charge < -0.3 is 9.84 Å². The molecule has 0 unspecified atom stereocenters. The van der Waals surface area contributed by atoms with Gasteiger partial charge in [0.15, 0.2) is 0 Å². The Labute approximate surface area is 132 Å². The molecule has 1 fully saturated rings. The molecule has 1 aliphatic heterocycles. The summed E-state index contributed by atoms with van der Waals surface area (Å²) < 4.78 is 5.50. The molecule has 0 radical (unpaired) electrons. The summed E-state index contributed by atoms with van der Waals surface area (Å²) in [5.41, 5.74) is 2.53. The summed E-state index contributed by atoms with van der Waals surface area (Å²) in [5, 5.41) is 9.78. The van der Waals surface area contributed by atoms with E-state index in [-0.39, 0.29) is 12.5 Å². The SMILES string of the molecule is COc1ccccc1[C@H]1CN(Cc2ccccc2)C[C@@H]1CO. The number of ether oxygens (including phenoxy) is 1. The second-order valence-electron chi connectivity index (χ2n) is 5.97. The van der Waals surface area contributed by atoms with Gasteiger partial charge in [0.1, 0.15) is 5.75 Å². The van der Waals surface area contributed by atoms with Crippen molar-refractivity contribution in [2.75, 3.05) is 26.8 Å². The molecule has 0 bridgehead atoms. The fourth-order valence-electron chi connectivity index (χ4n) is 3.44. The van der Waals surface area contributed by atoms with Gasteiger partial charge in [0, 0.05) is 38.1 Å². The van der Waals surface area contributed by atoms with E-state index in [1.807, 2.05) is 24.3 Å². The van der Waals surface area contributed by atoms with Crippen molar-refractivity contribution in [2.24, 2.45) is 5.92 Å². The summed E-state index contributed by atoms with van der Waals surface area (Å²) >= 11 is 0. The smallest absolute Gasteiger partial charge is 0.122 e. The van der Waals surface area contributed by atoms with Crippen molar-refractivity contribution in [3.05, 3.63) is 65.7 Å². The first-order chi connectivity index (χ1) is 10.8. The third kappa shape index (κ3) is 3.16. The van der Waals surface area contributed by atoms with Crippen molar-refractivity contribution < 1.29 is 9.84 Å². The first-order valence-electron chi connectivity index (χ1n) is 7.82. The topological polar surface area (TPSA) is 32.7 Å². The molecule has 22 heavy (non-hydrogen) atoms. The summed E-state index contributed by atoms with van der Waals surface area (Å²) in [6, 6.07) is 18.7. The second kappa shape index (κ2) is 6.95. The Hall–Kier alpha value is -1.84. The normalized spacial score (nSPS) is 21.9. The van der Waals surface area contributed by atoms with Gasteiger partial charge in [0.25, 0.3) is 0 Å². The van der Waals surface area contributed by atoms with E-state index in [1.54, 1.807) is 7.11 Å². The second-order valence-corrected chi connectivity index (χ2v) is 5.97. The van der Waals surface area contributed by atoms with Crippen LogP contribution in [0.1, 0.15) is 17.0 Å². The van der Waals surface area contributed by atoms with E-state index in [9.17, 15) is 5.11 Å². The van der Waals surface area contributed by atoms with Crippen LogP contribution in [0.5, 0.6) is 5.75 Å². The highest BCUT2D eigenvalue weighted by Gasteiger charge is 2.34. The average Bonchev–Trinajstić information content (AvgIpc) is 2.98. The minimum absolute atomic E-state index is 0.216. The summed E-state index contributed by atoms with van der Waals surface area (Å²) in [6.07, 6.45) is 0. The van der Waals surface area contributed by atoms with Crippen LogP contribution in [0.15, 0.2) is 54.6 Å². The van der Waals surface area contributed by atoms with Crippen LogP contribution in [-0.2, 0) is 6.54 Å². The molecular formula is C19H23NO2. The van der Waals surface area contributed by atoms with E-state index in [0.717, 1.165) is 25.4 Å². The van der Waals surface area contributed by atoms with Gasteiger partial charge in [0.05, 0.1) is 7.11 Å². The maximum Gasteiger partial charge on any atom is 0.122 e.